The predicted octanol–water partition coefficient (Wildman–Crippen LogP) is 7.15. The Hall–Kier alpha value is -1.06. The van der Waals surface area contributed by atoms with E-state index in [9.17, 15) is 0 Å². The number of nitrogens with zero attached hydrogens (tertiary/aromatic N) is 1. The lowest BCUT2D eigenvalue weighted by atomic mass is 9.47. The first kappa shape index (κ1) is 21.5. The maximum atomic E-state index is 6.73. The molecule has 0 bridgehead atoms. The second kappa shape index (κ2) is 8.01. The van der Waals surface area contributed by atoms with Gasteiger partial charge in [-0.15, -0.1) is 0 Å². The van der Waals surface area contributed by atoms with E-state index in [0.717, 1.165) is 17.8 Å². The van der Waals surface area contributed by atoms with Crippen molar-refractivity contribution < 1.29 is 9.15 Å². The Morgan fingerprint density at radius 3 is 2.72 bits per heavy atom. The molecule has 0 N–H and O–H groups in total. The van der Waals surface area contributed by atoms with E-state index in [-0.39, 0.29) is 6.23 Å². The third-order valence-electron chi connectivity index (χ3n) is 11.0. The van der Waals surface area contributed by atoms with Crippen molar-refractivity contribution in [2.24, 2.45) is 28.6 Å². The van der Waals surface area contributed by atoms with Gasteiger partial charge in [0.25, 0.3) is 0 Å². The van der Waals surface area contributed by atoms with Gasteiger partial charge in [0.2, 0.25) is 0 Å². The van der Waals surface area contributed by atoms with Gasteiger partial charge in [-0.1, -0.05) is 25.5 Å². The largest absolute Gasteiger partial charge is 0.472 e. The molecule has 6 rings (SSSR count). The van der Waals surface area contributed by atoms with Gasteiger partial charge in [-0.25, -0.2) is 0 Å². The van der Waals surface area contributed by atoms with E-state index in [0.29, 0.717) is 22.9 Å². The first-order chi connectivity index (χ1) is 15.5. The minimum Gasteiger partial charge on any atom is -0.472 e. The van der Waals surface area contributed by atoms with E-state index >= 15 is 0 Å². The lowest BCUT2D eigenvalue weighted by molar-refractivity contribution is -0.118. The van der Waals surface area contributed by atoms with Gasteiger partial charge in [-0.3, -0.25) is 4.90 Å². The highest BCUT2D eigenvalue weighted by Gasteiger charge is 2.59. The molecule has 1 saturated heterocycles. The van der Waals surface area contributed by atoms with Crippen molar-refractivity contribution in [3.05, 3.63) is 35.8 Å². The van der Waals surface area contributed by atoms with Crippen LogP contribution in [0, 0.1) is 28.6 Å². The van der Waals surface area contributed by atoms with Crippen LogP contribution >= 0.6 is 0 Å². The minimum atomic E-state index is 0.288. The van der Waals surface area contributed by atoms with Crippen molar-refractivity contribution in [1.82, 2.24) is 4.90 Å². The molecule has 32 heavy (non-hydrogen) atoms. The molecule has 8 atom stereocenters. The molecular formula is C29H43NO2. The molecule has 176 valence electrons. The fraction of sp³-hybridized carbons (Fsp3) is 0.793. The molecule has 1 aromatic rings. The van der Waals surface area contributed by atoms with Crippen molar-refractivity contribution in [3.63, 3.8) is 0 Å². The number of hydrogen-bond donors (Lipinski definition) is 0. The van der Waals surface area contributed by atoms with E-state index in [4.69, 9.17) is 9.15 Å². The number of hydrogen-bond acceptors (Lipinski definition) is 3. The molecule has 3 nitrogen and oxygen atoms in total. The number of likely N-dealkylation sites (tertiary alicyclic amines) is 1. The van der Waals surface area contributed by atoms with E-state index < -0.39 is 0 Å². The van der Waals surface area contributed by atoms with E-state index in [1.54, 1.807) is 5.57 Å². The molecule has 0 aromatic carbocycles. The fourth-order valence-corrected chi connectivity index (χ4v) is 9.33. The fourth-order valence-electron chi connectivity index (χ4n) is 9.33. The molecule has 5 aliphatic rings. The van der Waals surface area contributed by atoms with Gasteiger partial charge in [-0.2, -0.15) is 0 Å². The molecule has 4 aliphatic carbocycles. The molecule has 0 amide bonds. The summed E-state index contributed by atoms with van der Waals surface area (Å²) in [4.78, 5) is 2.55. The zero-order valence-corrected chi connectivity index (χ0v) is 20.5. The van der Waals surface area contributed by atoms with Crippen molar-refractivity contribution in [2.45, 2.75) is 103 Å². The van der Waals surface area contributed by atoms with Crippen LogP contribution in [0.15, 0.2) is 34.7 Å². The highest BCUT2D eigenvalue weighted by atomic mass is 16.5. The summed E-state index contributed by atoms with van der Waals surface area (Å²) in [5.41, 5.74) is 4.03. The molecule has 4 fully saturated rings. The van der Waals surface area contributed by atoms with Crippen LogP contribution in [0.5, 0.6) is 0 Å². The monoisotopic (exact) mass is 437 g/mol. The van der Waals surface area contributed by atoms with Crippen LogP contribution in [0.25, 0.3) is 0 Å². The highest BCUT2D eigenvalue weighted by molar-refractivity contribution is 5.27. The molecule has 0 radical (unpaired) electrons. The maximum Gasteiger partial charge on any atom is 0.108 e. The standard InChI is InChI=1S/C29H43NO2/c1-20(30-15-4-5-16-30)32-23-8-6-22-7-9-24-26-11-10-25(21-13-17-31-19-21)28(26,2)14-12-27(24)29(22,3)18-23/h7,13,17,19-20,23-27H,4-6,8-12,14-16,18H2,1-3H3/t20?,23?,24-,25-,26-,27-,28+,29-/m0/s1. The van der Waals surface area contributed by atoms with E-state index in [1.807, 2.05) is 12.5 Å². The quantitative estimate of drug-likeness (QED) is 0.468. The molecular weight excluding hydrogens is 394 g/mol. The van der Waals surface area contributed by atoms with Gasteiger partial charge in [0.15, 0.2) is 0 Å². The minimum absolute atomic E-state index is 0.288. The number of rotatable bonds is 4. The highest BCUT2D eigenvalue weighted by Crippen LogP contribution is 2.68. The molecule has 2 heterocycles. The Morgan fingerprint density at radius 2 is 1.94 bits per heavy atom. The topological polar surface area (TPSA) is 25.6 Å². The van der Waals surface area contributed by atoms with Crippen molar-refractivity contribution in [1.29, 1.82) is 0 Å². The average molecular weight is 438 g/mol. The van der Waals surface area contributed by atoms with Crippen LogP contribution in [0.3, 0.4) is 0 Å². The normalized spacial score (nSPS) is 45.1. The summed E-state index contributed by atoms with van der Waals surface area (Å²) >= 11 is 0. The van der Waals surface area contributed by atoms with Gasteiger partial charge in [0.05, 0.1) is 18.6 Å². The maximum absolute atomic E-state index is 6.73. The van der Waals surface area contributed by atoms with Gasteiger partial charge in [0.1, 0.15) is 6.23 Å². The molecule has 1 aliphatic heterocycles. The molecule has 0 spiro atoms. The summed E-state index contributed by atoms with van der Waals surface area (Å²) < 4.78 is 12.2. The Bertz CT molecular complexity index is 839. The number of furan rings is 1. The Balaban J connectivity index is 1.21. The third kappa shape index (κ3) is 3.28. The summed E-state index contributed by atoms with van der Waals surface area (Å²) in [5, 5.41) is 0. The number of ether oxygens (including phenoxy) is 1. The summed E-state index contributed by atoms with van der Waals surface area (Å²) in [7, 11) is 0. The van der Waals surface area contributed by atoms with E-state index in [1.165, 1.54) is 82.9 Å². The first-order valence-corrected chi connectivity index (χ1v) is 13.6. The lowest BCUT2D eigenvalue weighted by Gasteiger charge is -2.58. The Morgan fingerprint density at radius 1 is 1.09 bits per heavy atom. The Kier molecular flexibility index (Phi) is 5.38. The smallest absolute Gasteiger partial charge is 0.108 e. The van der Waals surface area contributed by atoms with Crippen LogP contribution in [-0.2, 0) is 4.74 Å². The van der Waals surface area contributed by atoms with Crippen molar-refractivity contribution in [3.8, 4) is 0 Å². The van der Waals surface area contributed by atoms with Gasteiger partial charge in [0, 0.05) is 13.1 Å². The van der Waals surface area contributed by atoms with Crippen LogP contribution in [0.2, 0.25) is 0 Å². The summed E-state index contributed by atoms with van der Waals surface area (Å²) in [6.45, 7) is 9.98. The third-order valence-corrected chi connectivity index (χ3v) is 11.0. The molecule has 2 unspecified atom stereocenters. The van der Waals surface area contributed by atoms with Crippen LogP contribution in [0.1, 0.15) is 96.5 Å². The zero-order valence-electron chi connectivity index (χ0n) is 20.5. The zero-order chi connectivity index (χ0) is 21.9. The first-order valence-electron chi connectivity index (χ1n) is 13.6. The van der Waals surface area contributed by atoms with Crippen LogP contribution in [-0.4, -0.2) is 30.3 Å². The second-order valence-electron chi connectivity index (χ2n) is 12.3. The SMILES string of the molecule is CC(OC1CCC2=CC[C@H]3[C@@H]4CC[C@@H](c5ccoc5)[C@@]4(C)CC[C@@H]3[C@@]2(C)C1)N1CCCC1. The summed E-state index contributed by atoms with van der Waals surface area (Å²) in [5.74, 6) is 3.25. The van der Waals surface area contributed by atoms with Crippen molar-refractivity contribution in [2.75, 3.05) is 13.1 Å². The second-order valence-corrected chi connectivity index (χ2v) is 12.3. The van der Waals surface area contributed by atoms with Crippen LogP contribution < -0.4 is 0 Å². The van der Waals surface area contributed by atoms with Crippen molar-refractivity contribution >= 4 is 0 Å². The van der Waals surface area contributed by atoms with Crippen LogP contribution in [0.4, 0.5) is 0 Å². The summed E-state index contributed by atoms with van der Waals surface area (Å²) in [6.07, 6.45) is 20.6. The van der Waals surface area contributed by atoms with Gasteiger partial charge < -0.3 is 9.15 Å². The average Bonchev–Trinajstić information content (AvgIpc) is 3.53. The molecule has 3 saturated carbocycles. The van der Waals surface area contributed by atoms with Gasteiger partial charge in [-0.05, 0) is 117 Å². The van der Waals surface area contributed by atoms with Gasteiger partial charge >= 0.3 is 0 Å². The molecule has 1 aromatic heterocycles. The van der Waals surface area contributed by atoms with E-state index in [2.05, 4.69) is 37.8 Å². The molecule has 3 heteroatoms. The summed E-state index contributed by atoms with van der Waals surface area (Å²) in [6, 6.07) is 2.23. The number of allylic oxidation sites excluding steroid dienone is 2. The lowest BCUT2D eigenvalue weighted by Crippen LogP contribution is -2.51. The predicted molar refractivity (Wildman–Crippen MR) is 128 cm³/mol. The number of fused-ring (bicyclic) bond motifs is 5. The Labute approximate surface area is 195 Å².